The molecule has 0 unspecified atom stereocenters. The quantitative estimate of drug-likeness (QED) is 0.793. The number of fused-ring (bicyclic) bond motifs is 1. The number of aryl methyl sites for hydroxylation is 2. The first kappa shape index (κ1) is 12.0. The van der Waals surface area contributed by atoms with E-state index in [0.717, 1.165) is 41.4 Å². The smallest absolute Gasteiger partial charge is 0.160 e. The molecular weight excluding hydrogens is 246 g/mol. The van der Waals surface area contributed by atoms with Crippen molar-refractivity contribution in [3.8, 4) is 0 Å². The predicted molar refractivity (Wildman–Crippen MR) is 74.0 cm³/mol. The van der Waals surface area contributed by atoms with Gasteiger partial charge in [-0.05, 0) is 37.3 Å². The third-order valence-electron chi connectivity index (χ3n) is 3.78. The van der Waals surface area contributed by atoms with Gasteiger partial charge in [0.1, 0.15) is 11.3 Å². The van der Waals surface area contributed by atoms with E-state index in [0.29, 0.717) is 5.88 Å². The van der Waals surface area contributed by atoms with Gasteiger partial charge in [-0.15, -0.1) is 11.6 Å². The normalized spacial score (nSPS) is 16.1. The highest BCUT2D eigenvalue weighted by Gasteiger charge is 2.21. The summed E-state index contributed by atoms with van der Waals surface area (Å²) in [6.07, 6.45) is 6.79. The SMILES string of the molecule is Cc1cnc2c(c1)nc(CCCl)n2CC1CCC1. The van der Waals surface area contributed by atoms with Gasteiger partial charge >= 0.3 is 0 Å². The molecule has 3 nitrogen and oxygen atoms in total. The molecule has 4 heteroatoms. The maximum absolute atomic E-state index is 5.88. The first-order valence-electron chi connectivity index (χ1n) is 6.65. The van der Waals surface area contributed by atoms with E-state index < -0.39 is 0 Å². The molecule has 1 aliphatic carbocycles. The van der Waals surface area contributed by atoms with Gasteiger partial charge in [0.2, 0.25) is 0 Å². The van der Waals surface area contributed by atoms with E-state index in [1.54, 1.807) is 0 Å². The van der Waals surface area contributed by atoms with Crippen LogP contribution in [-0.4, -0.2) is 20.4 Å². The van der Waals surface area contributed by atoms with Crippen LogP contribution in [0.25, 0.3) is 11.2 Å². The van der Waals surface area contributed by atoms with Crippen molar-refractivity contribution in [1.82, 2.24) is 14.5 Å². The molecule has 0 spiro atoms. The fraction of sp³-hybridized carbons (Fsp3) is 0.571. The highest BCUT2D eigenvalue weighted by molar-refractivity contribution is 6.17. The van der Waals surface area contributed by atoms with Gasteiger partial charge in [0.15, 0.2) is 5.65 Å². The van der Waals surface area contributed by atoms with Crippen molar-refractivity contribution in [3.63, 3.8) is 0 Å². The van der Waals surface area contributed by atoms with Crippen LogP contribution in [0.5, 0.6) is 0 Å². The Morgan fingerprint density at radius 3 is 2.94 bits per heavy atom. The number of nitrogens with zero attached hydrogens (tertiary/aromatic N) is 3. The van der Waals surface area contributed by atoms with E-state index in [-0.39, 0.29) is 0 Å². The summed E-state index contributed by atoms with van der Waals surface area (Å²) in [4.78, 5) is 9.24. The summed E-state index contributed by atoms with van der Waals surface area (Å²) < 4.78 is 2.28. The molecule has 0 saturated heterocycles. The Hall–Kier alpha value is -1.09. The van der Waals surface area contributed by atoms with Crippen LogP contribution in [0, 0.1) is 12.8 Å². The number of hydrogen-bond acceptors (Lipinski definition) is 2. The lowest BCUT2D eigenvalue weighted by Crippen LogP contribution is -2.19. The van der Waals surface area contributed by atoms with Gasteiger partial charge < -0.3 is 4.57 Å². The van der Waals surface area contributed by atoms with E-state index >= 15 is 0 Å². The van der Waals surface area contributed by atoms with Crippen molar-refractivity contribution in [2.24, 2.45) is 5.92 Å². The number of imidazole rings is 1. The van der Waals surface area contributed by atoms with E-state index in [2.05, 4.69) is 22.5 Å². The van der Waals surface area contributed by atoms with Crippen LogP contribution in [0.3, 0.4) is 0 Å². The molecule has 0 aromatic carbocycles. The van der Waals surface area contributed by atoms with Gasteiger partial charge in [0.05, 0.1) is 0 Å². The van der Waals surface area contributed by atoms with Gasteiger partial charge in [-0.2, -0.15) is 0 Å². The lowest BCUT2D eigenvalue weighted by molar-refractivity contribution is 0.276. The van der Waals surface area contributed by atoms with Crippen molar-refractivity contribution in [3.05, 3.63) is 23.7 Å². The average Bonchev–Trinajstić information content (AvgIpc) is 2.61. The van der Waals surface area contributed by atoms with Crippen LogP contribution in [-0.2, 0) is 13.0 Å². The third kappa shape index (κ3) is 2.12. The second kappa shape index (κ2) is 4.88. The zero-order chi connectivity index (χ0) is 12.5. The number of hydrogen-bond donors (Lipinski definition) is 0. The Balaban J connectivity index is 2.02. The fourth-order valence-electron chi connectivity index (χ4n) is 2.56. The largest absolute Gasteiger partial charge is 0.312 e. The van der Waals surface area contributed by atoms with E-state index in [9.17, 15) is 0 Å². The maximum atomic E-state index is 5.88. The van der Waals surface area contributed by atoms with Crippen molar-refractivity contribution in [1.29, 1.82) is 0 Å². The van der Waals surface area contributed by atoms with Gasteiger partial charge in [0.25, 0.3) is 0 Å². The topological polar surface area (TPSA) is 30.7 Å². The number of rotatable bonds is 4. The van der Waals surface area contributed by atoms with Crippen LogP contribution < -0.4 is 0 Å². The van der Waals surface area contributed by atoms with E-state index in [4.69, 9.17) is 16.6 Å². The Kier molecular flexibility index (Phi) is 3.25. The maximum Gasteiger partial charge on any atom is 0.160 e. The molecule has 0 N–H and O–H groups in total. The minimum absolute atomic E-state index is 0.618. The summed E-state index contributed by atoms with van der Waals surface area (Å²) in [6, 6.07) is 2.11. The molecule has 0 amide bonds. The van der Waals surface area contributed by atoms with Gasteiger partial charge in [-0.25, -0.2) is 9.97 Å². The predicted octanol–water partition coefficient (Wildman–Crippen LogP) is 3.32. The molecule has 1 aliphatic rings. The molecule has 3 rings (SSSR count). The Bertz CT molecular complexity index is 557. The highest BCUT2D eigenvalue weighted by atomic mass is 35.5. The summed E-state index contributed by atoms with van der Waals surface area (Å²) in [5.74, 6) is 2.51. The van der Waals surface area contributed by atoms with Crippen LogP contribution in [0.15, 0.2) is 12.3 Å². The Morgan fingerprint density at radius 1 is 1.44 bits per heavy atom. The number of halogens is 1. The lowest BCUT2D eigenvalue weighted by Gasteiger charge is -2.26. The first-order chi connectivity index (χ1) is 8.78. The van der Waals surface area contributed by atoms with Crippen molar-refractivity contribution >= 4 is 22.8 Å². The zero-order valence-electron chi connectivity index (χ0n) is 10.7. The summed E-state index contributed by atoms with van der Waals surface area (Å²) in [7, 11) is 0. The highest BCUT2D eigenvalue weighted by Crippen LogP contribution is 2.29. The lowest BCUT2D eigenvalue weighted by atomic mass is 9.85. The van der Waals surface area contributed by atoms with E-state index in [1.165, 1.54) is 19.3 Å². The second-order valence-electron chi connectivity index (χ2n) is 5.23. The average molecular weight is 264 g/mol. The molecular formula is C14H18ClN3. The molecule has 2 heterocycles. The molecule has 0 atom stereocenters. The first-order valence-corrected chi connectivity index (χ1v) is 7.19. The van der Waals surface area contributed by atoms with Crippen LogP contribution >= 0.6 is 11.6 Å². The van der Waals surface area contributed by atoms with Gasteiger partial charge in [-0.3, -0.25) is 0 Å². The third-order valence-corrected chi connectivity index (χ3v) is 3.97. The molecule has 0 radical (unpaired) electrons. The molecule has 1 saturated carbocycles. The fourth-order valence-corrected chi connectivity index (χ4v) is 2.73. The molecule has 0 aliphatic heterocycles. The molecule has 2 aromatic rings. The molecule has 18 heavy (non-hydrogen) atoms. The number of pyridine rings is 1. The van der Waals surface area contributed by atoms with Crippen LogP contribution in [0.2, 0.25) is 0 Å². The monoisotopic (exact) mass is 263 g/mol. The van der Waals surface area contributed by atoms with Crippen molar-refractivity contribution < 1.29 is 0 Å². The van der Waals surface area contributed by atoms with Crippen LogP contribution in [0.4, 0.5) is 0 Å². The molecule has 1 fully saturated rings. The number of alkyl halides is 1. The number of aromatic nitrogens is 3. The zero-order valence-corrected chi connectivity index (χ0v) is 11.5. The van der Waals surface area contributed by atoms with E-state index in [1.807, 2.05) is 6.20 Å². The Labute approximate surface area is 112 Å². The van der Waals surface area contributed by atoms with Gasteiger partial charge in [0, 0.05) is 25.0 Å². The second-order valence-corrected chi connectivity index (χ2v) is 5.61. The van der Waals surface area contributed by atoms with Crippen molar-refractivity contribution in [2.45, 2.75) is 39.2 Å². The van der Waals surface area contributed by atoms with Crippen LogP contribution in [0.1, 0.15) is 30.7 Å². The minimum atomic E-state index is 0.618. The van der Waals surface area contributed by atoms with Gasteiger partial charge in [-0.1, -0.05) is 6.42 Å². The molecule has 96 valence electrons. The summed E-state index contributed by atoms with van der Waals surface area (Å²) in [6.45, 7) is 3.11. The van der Waals surface area contributed by atoms with Crippen molar-refractivity contribution in [2.75, 3.05) is 5.88 Å². The molecule has 0 bridgehead atoms. The standard InChI is InChI=1S/C14H18ClN3/c1-10-7-12-14(16-8-10)18(9-11-3-2-4-11)13(17-12)5-6-15/h7-8,11H,2-6,9H2,1H3. The summed E-state index contributed by atoms with van der Waals surface area (Å²) in [5, 5.41) is 0. The Morgan fingerprint density at radius 2 is 2.28 bits per heavy atom. The minimum Gasteiger partial charge on any atom is -0.312 e. The molecule has 2 aromatic heterocycles. The summed E-state index contributed by atoms with van der Waals surface area (Å²) in [5.41, 5.74) is 3.19. The summed E-state index contributed by atoms with van der Waals surface area (Å²) >= 11 is 5.88.